The molecule has 3 aromatic rings. The first kappa shape index (κ1) is 14.9. The Morgan fingerprint density at radius 2 is 1.88 bits per heavy atom. The number of nitrogens with zero attached hydrogens (tertiary/aromatic N) is 1. The number of aromatic amines is 1. The van der Waals surface area contributed by atoms with Gasteiger partial charge in [0.25, 0.3) is 5.91 Å². The smallest absolute Gasteiger partial charge is 0.253 e. The standard InChI is InChI=1S/C19H20N4O/c24-19(23-15-5-9-21-10-6-15)17-12-22-18-11-14(1-2-16(17)18)13-3-7-20-8-4-13/h1-4,7-8,11-12,15,21-22H,5-6,9-10H2,(H,23,24). The summed E-state index contributed by atoms with van der Waals surface area (Å²) in [5.41, 5.74) is 3.91. The van der Waals surface area contributed by atoms with Gasteiger partial charge in [0.2, 0.25) is 0 Å². The number of piperidine rings is 1. The lowest BCUT2D eigenvalue weighted by Gasteiger charge is -2.23. The van der Waals surface area contributed by atoms with Crippen LogP contribution < -0.4 is 10.6 Å². The maximum absolute atomic E-state index is 12.6. The van der Waals surface area contributed by atoms with Gasteiger partial charge in [0.1, 0.15) is 0 Å². The molecular formula is C19H20N4O. The molecule has 0 bridgehead atoms. The average molecular weight is 320 g/mol. The molecule has 1 saturated heterocycles. The number of H-pyrrole nitrogens is 1. The van der Waals surface area contributed by atoms with Crippen LogP contribution in [-0.2, 0) is 0 Å². The number of amides is 1. The van der Waals surface area contributed by atoms with Crippen LogP contribution in [0.25, 0.3) is 22.0 Å². The zero-order chi connectivity index (χ0) is 16.4. The predicted molar refractivity (Wildman–Crippen MR) is 94.9 cm³/mol. The van der Waals surface area contributed by atoms with Crippen LogP contribution in [0.15, 0.2) is 48.9 Å². The van der Waals surface area contributed by atoms with Crippen LogP contribution in [0.5, 0.6) is 0 Å². The molecule has 5 nitrogen and oxygen atoms in total. The van der Waals surface area contributed by atoms with Gasteiger partial charge in [0.05, 0.1) is 5.56 Å². The van der Waals surface area contributed by atoms with Crippen LogP contribution in [0, 0.1) is 0 Å². The summed E-state index contributed by atoms with van der Waals surface area (Å²) in [6.07, 6.45) is 7.34. The third-order valence-corrected chi connectivity index (χ3v) is 4.61. The number of benzene rings is 1. The second kappa shape index (κ2) is 6.45. The molecule has 24 heavy (non-hydrogen) atoms. The van der Waals surface area contributed by atoms with Crippen LogP contribution in [0.2, 0.25) is 0 Å². The summed E-state index contributed by atoms with van der Waals surface area (Å²) in [4.78, 5) is 19.9. The van der Waals surface area contributed by atoms with Gasteiger partial charge >= 0.3 is 0 Å². The molecule has 1 aliphatic heterocycles. The quantitative estimate of drug-likeness (QED) is 0.695. The van der Waals surface area contributed by atoms with Crippen molar-refractivity contribution >= 4 is 16.8 Å². The Morgan fingerprint density at radius 1 is 1.08 bits per heavy atom. The number of pyridine rings is 1. The lowest BCUT2D eigenvalue weighted by atomic mass is 10.0. The van der Waals surface area contributed by atoms with Gasteiger partial charge in [-0.3, -0.25) is 9.78 Å². The summed E-state index contributed by atoms with van der Waals surface area (Å²) in [5.74, 6) is 0.00445. The zero-order valence-electron chi connectivity index (χ0n) is 13.4. The molecule has 0 spiro atoms. The summed E-state index contributed by atoms with van der Waals surface area (Å²) in [6, 6.07) is 10.4. The largest absolute Gasteiger partial charge is 0.360 e. The Labute approximate surface area is 140 Å². The van der Waals surface area contributed by atoms with E-state index in [0.29, 0.717) is 5.56 Å². The number of carbonyl (C=O) groups excluding carboxylic acids is 1. The zero-order valence-corrected chi connectivity index (χ0v) is 13.4. The van der Waals surface area contributed by atoms with Crippen LogP contribution in [0.3, 0.4) is 0 Å². The minimum absolute atomic E-state index is 0.00445. The molecule has 5 heteroatoms. The molecule has 3 N–H and O–H groups in total. The molecule has 1 aliphatic rings. The Balaban J connectivity index is 1.59. The fraction of sp³-hybridized carbons (Fsp3) is 0.263. The highest BCUT2D eigenvalue weighted by molar-refractivity contribution is 6.07. The third-order valence-electron chi connectivity index (χ3n) is 4.61. The van der Waals surface area contributed by atoms with E-state index in [0.717, 1.165) is 48.0 Å². The molecule has 0 aliphatic carbocycles. The van der Waals surface area contributed by atoms with E-state index >= 15 is 0 Å². The first-order valence-corrected chi connectivity index (χ1v) is 8.34. The van der Waals surface area contributed by atoms with E-state index in [1.54, 1.807) is 18.6 Å². The van der Waals surface area contributed by atoms with Crippen molar-refractivity contribution in [2.75, 3.05) is 13.1 Å². The third kappa shape index (κ3) is 2.90. The van der Waals surface area contributed by atoms with Gasteiger partial charge in [-0.15, -0.1) is 0 Å². The molecule has 1 amide bonds. The van der Waals surface area contributed by atoms with Crippen molar-refractivity contribution in [3.63, 3.8) is 0 Å². The van der Waals surface area contributed by atoms with E-state index in [2.05, 4.69) is 26.7 Å². The van der Waals surface area contributed by atoms with Crippen LogP contribution >= 0.6 is 0 Å². The summed E-state index contributed by atoms with van der Waals surface area (Å²) < 4.78 is 0. The maximum Gasteiger partial charge on any atom is 0.253 e. The number of aromatic nitrogens is 2. The molecule has 1 fully saturated rings. The lowest BCUT2D eigenvalue weighted by molar-refractivity contribution is 0.0931. The van der Waals surface area contributed by atoms with Crippen molar-refractivity contribution in [3.8, 4) is 11.1 Å². The summed E-state index contributed by atoms with van der Waals surface area (Å²) >= 11 is 0. The molecule has 0 saturated carbocycles. The maximum atomic E-state index is 12.6. The number of hydrogen-bond acceptors (Lipinski definition) is 3. The number of nitrogens with one attached hydrogen (secondary N) is 3. The van der Waals surface area contributed by atoms with Gasteiger partial charge in [-0.25, -0.2) is 0 Å². The number of fused-ring (bicyclic) bond motifs is 1. The molecule has 3 heterocycles. The Kier molecular flexibility index (Phi) is 4.01. The summed E-state index contributed by atoms with van der Waals surface area (Å²) in [7, 11) is 0. The Hall–Kier alpha value is -2.66. The van der Waals surface area contributed by atoms with Crippen LogP contribution in [0.4, 0.5) is 0 Å². The van der Waals surface area contributed by atoms with Gasteiger partial charge < -0.3 is 15.6 Å². The summed E-state index contributed by atoms with van der Waals surface area (Å²) in [5, 5.41) is 7.42. The Bertz CT molecular complexity index is 850. The molecule has 0 radical (unpaired) electrons. The van der Waals surface area contributed by atoms with Crippen molar-refractivity contribution in [3.05, 3.63) is 54.5 Å². The summed E-state index contributed by atoms with van der Waals surface area (Å²) in [6.45, 7) is 1.93. The number of carbonyl (C=O) groups is 1. The molecule has 0 unspecified atom stereocenters. The minimum atomic E-state index is 0.00445. The van der Waals surface area contributed by atoms with Crippen molar-refractivity contribution in [1.29, 1.82) is 0 Å². The molecular weight excluding hydrogens is 300 g/mol. The molecule has 122 valence electrons. The van der Waals surface area contributed by atoms with E-state index < -0.39 is 0 Å². The molecule has 4 rings (SSSR count). The van der Waals surface area contributed by atoms with E-state index in [9.17, 15) is 4.79 Å². The second-order valence-corrected chi connectivity index (χ2v) is 6.20. The van der Waals surface area contributed by atoms with Crippen molar-refractivity contribution in [1.82, 2.24) is 20.6 Å². The van der Waals surface area contributed by atoms with Crippen molar-refractivity contribution < 1.29 is 4.79 Å². The molecule has 0 atom stereocenters. The van der Waals surface area contributed by atoms with Gasteiger partial charge in [-0.1, -0.05) is 12.1 Å². The lowest BCUT2D eigenvalue weighted by Crippen LogP contribution is -2.42. The van der Waals surface area contributed by atoms with Gasteiger partial charge in [0.15, 0.2) is 0 Å². The normalized spacial score (nSPS) is 15.5. The van der Waals surface area contributed by atoms with Gasteiger partial charge in [-0.05, 0) is 55.3 Å². The van der Waals surface area contributed by atoms with Crippen LogP contribution in [0.1, 0.15) is 23.2 Å². The molecule has 2 aromatic heterocycles. The predicted octanol–water partition coefficient (Wildman–Crippen LogP) is 2.71. The van der Waals surface area contributed by atoms with Crippen molar-refractivity contribution in [2.24, 2.45) is 0 Å². The SMILES string of the molecule is O=C(NC1CCNCC1)c1c[nH]c2cc(-c3ccncc3)ccc12. The monoisotopic (exact) mass is 320 g/mol. The second-order valence-electron chi connectivity index (χ2n) is 6.20. The highest BCUT2D eigenvalue weighted by Crippen LogP contribution is 2.25. The highest BCUT2D eigenvalue weighted by atomic mass is 16.1. The fourth-order valence-electron chi connectivity index (χ4n) is 3.27. The average Bonchev–Trinajstić information content (AvgIpc) is 3.06. The Morgan fingerprint density at radius 3 is 2.67 bits per heavy atom. The number of hydrogen-bond donors (Lipinski definition) is 3. The highest BCUT2D eigenvalue weighted by Gasteiger charge is 2.18. The van der Waals surface area contributed by atoms with Crippen LogP contribution in [-0.4, -0.2) is 35.0 Å². The van der Waals surface area contributed by atoms with E-state index in [4.69, 9.17) is 0 Å². The van der Waals surface area contributed by atoms with E-state index in [-0.39, 0.29) is 11.9 Å². The minimum Gasteiger partial charge on any atom is -0.360 e. The van der Waals surface area contributed by atoms with E-state index in [1.165, 1.54) is 0 Å². The topological polar surface area (TPSA) is 69.8 Å². The first-order chi connectivity index (χ1) is 11.8. The molecule has 1 aromatic carbocycles. The van der Waals surface area contributed by atoms with Crippen molar-refractivity contribution in [2.45, 2.75) is 18.9 Å². The fourth-order valence-corrected chi connectivity index (χ4v) is 3.27. The van der Waals surface area contributed by atoms with Gasteiger partial charge in [-0.2, -0.15) is 0 Å². The number of rotatable bonds is 3. The van der Waals surface area contributed by atoms with E-state index in [1.807, 2.05) is 24.3 Å². The first-order valence-electron chi connectivity index (χ1n) is 8.34. The van der Waals surface area contributed by atoms with Gasteiger partial charge in [0, 0.05) is 35.5 Å².